The molecule has 0 saturated carbocycles. The first-order chi connectivity index (χ1) is 7.58. The zero-order valence-corrected chi connectivity index (χ0v) is 10.9. The monoisotopic (exact) mass is 241 g/mol. The van der Waals surface area contributed by atoms with E-state index >= 15 is 0 Å². The molecule has 4 nitrogen and oxygen atoms in total. The van der Waals surface area contributed by atoms with Crippen LogP contribution in [0.2, 0.25) is 0 Å². The van der Waals surface area contributed by atoms with E-state index in [1.165, 1.54) is 11.3 Å². The third kappa shape index (κ3) is 5.23. The molecule has 1 aromatic rings. The van der Waals surface area contributed by atoms with Gasteiger partial charge in [-0.1, -0.05) is 13.8 Å². The van der Waals surface area contributed by atoms with Crippen molar-refractivity contribution in [2.75, 3.05) is 11.9 Å². The molecule has 90 valence electrons. The van der Waals surface area contributed by atoms with Crippen LogP contribution in [0.5, 0.6) is 0 Å². The third-order valence-corrected chi connectivity index (χ3v) is 2.83. The van der Waals surface area contributed by atoms with E-state index in [4.69, 9.17) is 0 Å². The lowest BCUT2D eigenvalue weighted by atomic mass is 10.3. The minimum Gasteiger partial charge on any atom is -0.315 e. The number of aromatic nitrogens is 1. The number of carbonyl (C=O) groups is 1. The van der Waals surface area contributed by atoms with E-state index in [0.29, 0.717) is 17.6 Å². The highest BCUT2D eigenvalue weighted by Crippen LogP contribution is 2.16. The zero-order chi connectivity index (χ0) is 12.0. The fourth-order valence-electron chi connectivity index (χ4n) is 1.23. The first-order valence-electron chi connectivity index (χ1n) is 5.53. The van der Waals surface area contributed by atoms with Gasteiger partial charge < -0.3 is 10.6 Å². The van der Waals surface area contributed by atoms with E-state index in [0.717, 1.165) is 17.8 Å². The summed E-state index contributed by atoms with van der Waals surface area (Å²) in [5, 5.41) is 6.76. The first-order valence-corrected chi connectivity index (χ1v) is 6.35. The molecular weight excluding hydrogens is 222 g/mol. The number of hydrogen-bond donors (Lipinski definition) is 2. The van der Waals surface area contributed by atoms with Crippen molar-refractivity contribution in [3.05, 3.63) is 11.1 Å². The number of aryl methyl sites for hydroxylation is 1. The summed E-state index contributed by atoms with van der Waals surface area (Å²) in [4.78, 5) is 16.7. The normalized spacial score (nSPS) is 10.8. The molecular formula is C11H19N3OS. The molecule has 0 aliphatic carbocycles. The minimum absolute atomic E-state index is 0.0416. The first kappa shape index (κ1) is 13.1. The standard InChI is InChI=1S/C11H19N3OS/c1-8(2)12-6-4-5-10(15)14-11-13-7-9(3)16-11/h7-8,12H,4-6H2,1-3H3,(H,13,14,15). The lowest BCUT2D eigenvalue weighted by Crippen LogP contribution is -2.24. The Morgan fingerprint density at radius 3 is 2.88 bits per heavy atom. The van der Waals surface area contributed by atoms with Gasteiger partial charge in [-0.2, -0.15) is 0 Å². The lowest BCUT2D eigenvalue weighted by Gasteiger charge is -2.07. The van der Waals surface area contributed by atoms with E-state index in [2.05, 4.69) is 29.5 Å². The lowest BCUT2D eigenvalue weighted by molar-refractivity contribution is -0.116. The van der Waals surface area contributed by atoms with Gasteiger partial charge in [0.15, 0.2) is 5.13 Å². The average Bonchev–Trinajstić information content (AvgIpc) is 2.58. The molecule has 16 heavy (non-hydrogen) atoms. The van der Waals surface area contributed by atoms with Crippen LogP contribution in [0, 0.1) is 6.92 Å². The van der Waals surface area contributed by atoms with Crippen LogP contribution < -0.4 is 10.6 Å². The maximum atomic E-state index is 11.5. The van der Waals surface area contributed by atoms with Gasteiger partial charge in [0.2, 0.25) is 5.91 Å². The van der Waals surface area contributed by atoms with Crippen LogP contribution in [0.25, 0.3) is 0 Å². The summed E-state index contributed by atoms with van der Waals surface area (Å²) in [6.07, 6.45) is 3.16. The van der Waals surface area contributed by atoms with Crippen LogP contribution in [0.15, 0.2) is 6.20 Å². The molecule has 0 aromatic carbocycles. The second kappa shape index (κ2) is 6.60. The van der Waals surface area contributed by atoms with Gasteiger partial charge in [-0.15, -0.1) is 11.3 Å². The SMILES string of the molecule is Cc1cnc(NC(=O)CCCNC(C)C)s1. The molecule has 1 amide bonds. The van der Waals surface area contributed by atoms with Crippen molar-refractivity contribution in [3.8, 4) is 0 Å². The molecule has 1 rings (SSSR count). The highest BCUT2D eigenvalue weighted by atomic mass is 32.1. The number of thiazole rings is 1. The van der Waals surface area contributed by atoms with Crippen molar-refractivity contribution in [2.45, 2.75) is 39.7 Å². The van der Waals surface area contributed by atoms with Crippen molar-refractivity contribution in [1.82, 2.24) is 10.3 Å². The molecule has 2 N–H and O–H groups in total. The zero-order valence-electron chi connectivity index (χ0n) is 10.0. The van der Waals surface area contributed by atoms with Crippen molar-refractivity contribution >= 4 is 22.4 Å². The highest BCUT2D eigenvalue weighted by molar-refractivity contribution is 7.15. The predicted octanol–water partition coefficient (Wildman–Crippen LogP) is 2.17. The molecule has 0 spiro atoms. The molecule has 5 heteroatoms. The van der Waals surface area contributed by atoms with Gasteiger partial charge in [-0.05, 0) is 19.9 Å². The fourth-order valence-corrected chi connectivity index (χ4v) is 1.91. The topological polar surface area (TPSA) is 54.0 Å². The summed E-state index contributed by atoms with van der Waals surface area (Å²) in [6.45, 7) is 7.04. The maximum Gasteiger partial charge on any atom is 0.226 e. The van der Waals surface area contributed by atoms with Gasteiger partial charge in [0.1, 0.15) is 0 Å². The Morgan fingerprint density at radius 2 is 2.31 bits per heavy atom. The van der Waals surface area contributed by atoms with Crippen LogP contribution in [0.4, 0.5) is 5.13 Å². The van der Waals surface area contributed by atoms with E-state index in [9.17, 15) is 4.79 Å². The number of rotatable bonds is 6. The highest BCUT2D eigenvalue weighted by Gasteiger charge is 2.04. The Kier molecular flexibility index (Phi) is 5.42. The summed E-state index contributed by atoms with van der Waals surface area (Å²) >= 11 is 1.50. The van der Waals surface area contributed by atoms with Gasteiger partial charge in [-0.25, -0.2) is 4.98 Å². The van der Waals surface area contributed by atoms with Crippen LogP contribution in [0.3, 0.4) is 0 Å². The molecule has 0 saturated heterocycles. The average molecular weight is 241 g/mol. The fraction of sp³-hybridized carbons (Fsp3) is 0.636. The van der Waals surface area contributed by atoms with E-state index in [1.807, 2.05) is 6.92 Å². The second-order valence-electron chi connectivity index (χ2n) is 4.04. The molecule has 0 aliphatic rings. The number of nitrogens with zero attached hydrogens (tertiary/aromatic N) is 1. The van der Waals surface area contributed by atoms with Gasteiger partial charge in [0.25, 0.3) is 0 Å². The van der Waals surface area contributed by atoms with Gasteiger partial charge in [0.05, 0.1) is 0 Å². The van der Waals surface area contributed by atoms with E-state index in [1.54, 1.807) is 6.20 Å². The van der Waals surface area contributed by atoms with Crippen molar-refractivity contribution in [3.63, 3.8) is 0 Å². The number of hydrogen-bond acceptors (Lipinski definition) is 4. The molecule has 1 heterocycles. The van der Waals surface area contributed by atoms with Crippen LogP contribution in [0.1, 0.15) is 31.6 Å². The Labute approximate surface area is 100 Å². The number of anilines is 1. The number of nitrogens with one attached hydrogen (secondary N) is 2. The van der Waals surface area contributed by atoms with Crippen LogP contribution in [-0.2, 0) is 4.79 Å². The van der Waals surface area contributed by atoms with E-state index in [-0.39, 0.29) is 5.91 Å². The van der Waals surface area contributed by atoms with Gasteiger partial charge in [0, 0.05) is 23.5 Å². The largest absolute Gasteiger partial charge is 0.315 e. The van der Waals surface area contributed by atoms with Crippen molar-refractivity contribution < 1.29 is 4.79 Å². The summed E-state index contributed by atoms with van der Waals surface area (Å²) in [5.74, 6) is 0.0416. The molecule has 0 aliphatic heterocycles. The summed E-state index contributed by atoms with van der Waals surface area (Å²) in [6, 6.07) is 0.477. The molecule has 0 unspecified atom stereocenters. The molecule has 1 aromatic heterocycles. The molecule has 0 fully saturated rings. The Hall–Kier alpha value is -0.940. The molecule has 0 atom stereocenters. The van der Waals surface area contributed by atoms with Crippen LogP contribution >= 0.6 is 11.3 Å². The van der Waals surface area contributed by atoms with E-state index < -0.39 is 0 Å². The van der Waals surface area contributed by atoms with Crippen molar-refractivity contribution in [1.29, 1.82) is 0 Å². The van der Waals surface area contributed by atoms with Crippen molar-refractivity contribution in [2.24, 2.45) is 0 Å². The summed E-state index contributed by atoms with van der Waals surface area (Å²) < 4.78 is 0. The second-order valence-corrected chi connectivity index (χ2v) is 5.27. The maximum absolute atomic E-state index is 11.5. The Morgan fingerprint density at radius 1 is 1.56 bits per heavy atom. The molecule has 0 radical (unpaired) electrons. The Bertz CT molecular complexity index is 336. The van der Waals surface area contributed by atoms with Crippen LogP contribution in [-0.4, -0.2) is 23.5 Å². The number of carbonyl (C=O) groups excluding carboxylic acids is 1. The third-order valence-electron chi connectivity index (χ3n) is 2.00. The smallest absolute Gasteiger partial charge is 0.226 e. The molecule has 0 bridgehead atoms. The van der Waals surface area contributed by atoms with Gasteiger partial charge in [-0.3, -0.25) is 4.79 Å². The number of amides is 1. The Balaban J connectivity index is 2.16. The summed E-state index contributed by atoms with van der Waals surface area (Å²) in [5.41, 5.74) is 0. The summed E-state index contributed by atoms with van der Waals surface area (Å²) in [7, 11) is 0. The quantitative estimate of drug-likeness (QED) is 0.750. The van der Waals surface area contributed by atoms with Gasteiger partial charge >= 0.3 is 0 Å². The predicted molar refractivity (Wildman–Crippen MR) is 67.9 cm³/mol. The minimum atomic E-state index is 0.0416.